The second-order valence-corrected chi connectivity index (χ2v) is 6.44. The SMILES string of the molecule is CCOC(=O)[C@H](C)C[C@@H](NC(=O)Cc1cc(C(F)(F)F)cc(C(F)(F)F)c1)C(=O)O. The average molecular weight is 443 g/mol. The largest absolute Gasteiger partial charge is 0.480 e. The number of benzene rings is 1. The summed E-state index contributed by atoms with van der Waals surface area (Å²) in [5.74, 6) is -4.28. The number of alkyl halides is 6. The van der Waals surface area contributed by atoms with E-state index >= 15 is 0 Å². The molecule has 1 rings (SSSR count). The number of ether oxygens (including phenoxy) is 1. The lowest BCUT2D eigenvalue weighted by atomic mass is 10.0. The average Bonchev–Trinajstić information content (AvgIpc) is 2.59. The summed E-state index contributed by atoms with van der Waals surface area (Å²) < 4.78 is 82.0. The first-order valence-electron chi connectivity index (χ1n) is 8.62. The fraction of sp³-hybridized carbons (Fsp3) is 0.500. The molecule has 1 aromatic rings. The minimum absolute atomic E-state index is 0.0460. The van der Waals surface area contributed by atoms with Gasteiger partial charge in [0, 0.05) is 0 Å². The first-order valence-corrected chi connectivity index (χ1v) is 8.62. The molecule has 0 spiro atoms. The number of halogens is 6. The van der Waals surface area contributed by atoms with Gasteiger partial charge in [-0.15, -0.1) is 0 Å². The molecule has 30 heavy (non-hydrogen) atoms. The Balaban J connectivity index is 3.02. The molecule has 0 fully saturated rings. The quantitative estimate of drug-likeness (QED) is 0.475. The Hall–Kier alpha value is -2.79. The molecular weight excluding hydrogens is 424 g/mol. The maximum atomic E-state index is 12.9. The van der Waals surface area contributed by atoms with Gasteiger partial charge < -0.3 is 15.2 Å². The second-order valence-electron chi connectivity index (χ2n) is 6.44. The number of aliphatic carboxylic acids is 1. The van der Waals surface area contributed by atoms with E-state index in [1.807, 2.05) is 5.32 Å². The lowest BCUT2D eigenvalue weighted by Crippen LogP contribution is -2.43. The summed E-state index contributed by atoms with van der Waals surface area (Å²) in [6.45, 7) is 2.93. The van der Waals surface area contributed by atoms with Crippen molar-refractivity contribution in [3.8, 4) is 0 Å². The number of amides is 1. The lowest BCUT2D eigenvalue weighted by Gasteiger charge is -2.18. The zero-order valence-corrected chi connectivity index (χ0v) is 15.9. The van der Waals surface area contributed by atoms with Crippen molar-refractivity contribution in [3.05, 3.63) is 34.9 Å². The van der Waals surface area contributed by atoms with Crippen LogP contribution in [-0.4, -0.2) is 35.6 Å². The van der Waals surface area contributed by atoms with Crippen LogP contribution in [-0.2, 0) is 37.9 Å². The van der Waals surface area contributed by atoms with Crippen LogP contribution < -0.4 is 5.32 Å². The predicted octanol–water partition coefficient (Wildman–Crippen LogP) is 3.43. The predicted molar refractivity (Wildman–Crippen MR) is 90.1 cm³/mol. The fourth-order valence-corrected chi connectivity index (χ4v) is 2.51. The molecule has 0 unspecified atom stereocenters. The summed E-state index contributed by atoms with van der Waals surface area (Å²) in [6, 6.07) is -0.912. The van der Waals surface area contributed by atoms with Gasteiger partial charge in [-0.05, 0) is 37.1 Å². The van der Waals surface area contributed by atoms with E-state index in [2.05, 4.69) is 0 Å². The highest BCUT2D eigenvalue weighted by molar-refractivity contribution is 5.85. The molecule has 12 heteroatoms. The van der Waals surface area contributed by atoms with E-state index in [-0.39, 0.29) is 19.1 Å². The molecule has 0 saturated heterocycles. The van der Waals surface area contributed by atoms with Crippen LogP contribution in [0.3, 0.4) is 0 Å². The number of carboxylic acids is 1. The van der Waals surface area contributed by atoms with Gasteiger partial charge in [-0.1, -0.05) is 6.92 Å². The number of hydrogen-bond acceptors (Lipinski definition) is 4. The molecule has 0 radical (unpaired) electrons. The smallest absolute Gasteiger partial charge is 0.416 e. The molecular formula is C18H19F6NO5. The van der Waals surface area contributed by atoms with Crippen molar-refractivity contribution in [3.63, 3.8) is 0 Å². The molecule has 0 saturated carbocycles. The highest BCUT2D eigenvalue weighted by atomic mass is 19.4. The molecule has 2 N–H and O–H groups in total. The van der Waals surface area contributed by atoms with Crippen LogP contribution in [0, 0.1) is 5.92 Å². The number of esters is 1. The Morgan fingerprint density at radius 2 is 1.53 bits per heavy atom. The summed E-state index contributed by atoms with van der Waals surface area (Å²) in [4.78, 5) is 35.0. The van der Waals surface area contributed by atoms with Crippen molar-refractivity contribution in [2.75, 3.05) is 6.61 Å². The lowest BCUT2D eigenvalue weighted by molar-refractivity contribution is -0.149. The molecule has 0 aliphatic rings. The molecule has 0 aromatic heterocycles. The van der Waals surface area contributed by atoms with Crippen molar-refractivity contribution in [2.45, 2.75) is 45.1 Å². The van der Waals surface area contributed by atoms with Crippen LogP contribution in [0.25, 0.3) is 0 Å². The van der Waals surface area contributed by atoms with Gasteiger partial charge in [0.25, 0.3) is 0 Å². The monoisotopic (exact) mass is 443 g/mol. The maximum absolute atomic E-state index is 12.9. The van der Waals surface area contributed by atoms with Crippen molar-refractivity contribution >= 4 is 17.8 Å². The molecule has 168 valence electrons. The Kier molecular flexibility index (Phi) is 8.25. The Morgan fingerprint density at radius 3 is 1.93 bits per heavy atom. The van der Waals surface area contributed by atoms with Crippen LogP contribution in [0.4, 0.5) is 26.3 Å². The third-order valence-corrected chi connectivity index (χ3v) is 3.92. The third-order valence-electron chi connectivity index (χ3n) is 3.92. The minimum Gasteiger partial charge on any atom is -0.480 e. The van der Waals surface area contributed by atoms with Crippen LogP contribution in [0.2, 0.25) is 0 Å². The fourth-order valence-electron chi connectivity index (χ4n) is 2.51. The van der Waals surface area contributed by atoms with Crippen LogP contribution in [0.1, 0.15) is 37.0 Å². The van der Waals surface area contributed by atoms with Crippen molar-refractivity contribution in [1.82, 2.24) is 5.32 Å². The van der Waals surface area contributed by atoms with Crippen LogP contribution in [0.5, 0.6) is 0 Å². The molecule has 1 amide bonds. The molecule has 0 aliphatic heterocycles. The van der Waals surface area contributed by atoms with Crippen LogP contribution >= 0.6 is 0 Å². The number of carboxylic acid groups (broad SMARTS) is 1. The van der Waals surface area contributed by atoms with Crippen molar-refractivity contribution in [2.24, 2.45) is 5.92 Å². The van der Waals surface area contributed by atoms with Gasteiger partial charge in [0.15, 0.2) is 0 Å². The number of nitrogens with one attached hydrogen (secondary N) is 1. The highest BCUT2D eigenvalue weighted by Gasteiger charge is 2.37. The minimum atomic E-state index is -5.08. The molecule has 0 heterocycles. The van der Waals surface area contributed by atoms with Gasteiger partial charge >= 0.3 is 24.3 Å². The van der Waals surface area contributed by atoms with Crippen molar-refractivity contribution < 1.29 is 50.6 Å². The summed E-state index contributed by atoms with van der Waals surface area (Å²) in [5, 5.41) is 11.2. The molecule has 6 nitrogen and oxygen atoms in total. The summed E-state index contributed by atoms with van der Waals surface area (Å²) in [5.41, 5.74) is -3.78. The second kappa shape index (κ2) is 9.81. The van der Waals surface area contributed by atoms with Gasteiger partial charge in [-0.3, -0.25) is 9.59 Å². The van der Waals surface area contributed by atoms with E-state index in [0.29, 0.717) is 12.1 Å². The Labute approximate surface area is 167 Å². The summed E-state index contributed by atoms with van der Waals surface area (Å²) in [6.07, 6.45) is -11.5. The van der Waals surface area contributed by atoms with Gasteiger partial charge in [0.05, 0.1) is 30.1 Å². The zero-order valence-electron chi connectivity index (χ0n) is 15.9. The van der Waals surface area contributed by atoms with E-state index in [9.17, 15) is 45.8 Å². The molecule has 1 aromatic carbocycles. The molecule has 0 aliphatic carbocycles. The van der Waals surface area contributed by atoms with Gasteiger partial charge in [0.1, 0.15) is 6.04 Å². The Bertz CT molecular complexity index is 758. The normalized spacial score (nSPS) is 14.0. The van der Waals surface area contributed by atoms with Gasteiger partial charge in [0.2, 0.25) is 5.91 Å². The van der Waals surface area contributed by atoms with E-state index in [1.165, 1.54) is 13.8 Å². The van der Waals surface area contributed by atoms with Gasteiger partial charge in [-0.25, -0.2) is 4.79 Å². The highest BCUT2D eigenvalue weighted by Crippen LogP contribution is 2.36. The topological polar surface area (TPSA) is 92.7 Å². The maximum Gasteiger partial charge on any atom is 0.416 e. The third kappa shape index (κ3) is 7.56. The number of hydrogen-bond donors (Lipinski definition) is 2. The number of carbonyl (C=O) groups excluding carboxylic acids is 2. The zero-order chi connectivity index (χ0) is 23.3. The van der Waals surface area contributed by atoms with Crippen LogP contribution in [0.15, 0.2) is 18.2 Å². The number of carbonyl (C=O) groups is 3. The first kappa shape index (κ1) is 25.2. The van der Waals surface area contributed by atoms with Gasteiger partial charge in [-0.2, -0.15) is 26.3 Å². The van der Waals surface area contributed by atoms with Crippen molar-refractivity contribution in [1.29, 1.82) is 0 Å². The summed E-state index contributed by atoms with van der Waals surface area (Å²) >= 11 is 0. The Morgan fingerprint density at radius 1 is 1.03 bits per heavy atom. The standard InChI is InChI=1S/C18H19F6NO5/c1-3-30-16(29)9(2)4-13(15(27)28)25-14(26)7-10-5-11(17(19,20)21)8-12(6-10)18(22,23)24/h5-6,8-9,13H,3-4,7H2,1-2H3,(H,25,26)(H,27,28)/t9-,13-/m1/s1. The molecule has 2 atom stereocenters. The van der Waals surface area contributed by atoms with E-state index in [4.69, 9.17) is 4.74 Å². The first-order chi connectivity index (χ1) is 13.6. The number of rotatable bonds is 8. The van der Waals surface area contributed by atoms with E-state index < -0.39 is 65.3 Å². The van der Waals surface area contributed by atoms with E-state index in [0.717, 1.165) is 0 Å². The summed E-state index contributed by atoms with van der Waals surface area (Å²) in [7, 11) is 0. The van der Waals surface area contributed by atoms with E-state index in [1.54, 1.807) is 0 Å². The molecule has 0 bridgehead atoms.